The summed E-state index contributed by atoms with van der Waals surface area (Å²) in [5, 5.41) is 15.4. The molecule has 2 N–H and O–H groups in total. The van der Waals surface area contributed by atoms with Crippen LogP contribution < -0.4 is 15.0 Å². The molecule has 4 aliphatic heterocycles. The van der Waals surface area contributed by atoms with E-state index < -0.39 is 11.6 Å². The lowest BCUT2D eigenvalue weighted by Crippen LogP contribution is -2.51. The first-order valence-electron chi connectivity index (χ1n) is 16.1. The van der Waals surface area contributed by atoms with E-state index in [1.54, 1.807) is 6.20 Å². The lowest BCUT2D eigenvalue weighted by molar-refractivity contribution is 0.108. The third-order valence-electron chi connectivity index (χ3n) is 9.89. The van der Waals surface area contributed by atoms with Gasteiger partial charge in [0.25, 0.3) is 0 Å². The Morgan fingerprint density at radius 2 is 1.82 bits per heavy atom. The molecule has 4 aliphatic rings. The molecule has 0 radical (unpaired) electrons. The Hall–Kier alpha value is -4.07. The first-order chi connectivity index (χ1) is 21.9. The van der Waals surface area contributed by atoms with Crippen molar-refractivity contribution in [2.75, 3.05) is 37.7 Å². The number of fused-ring (bicyclic) bond motifs is 5. The SMILES string of the molecule is C#Cc1c(F)ccc2cc(O)cc(-c3ncc4c(N5CC6CCC(C5)N6)nc(OCC56CCCN5CCC6)nc4c3F)c12.CC. The van der Waals surface area contributed by atoms with Gasteiger partial charge in [0.05, 0.1) is 16.5 Å². The van der Waals surface area contributed by atoms with Crippen LogP contribution in [-0.4, -0.2) is 75.4 Å². The first-order valence-corrected chi connectivity index (χ1v) is 16.1. The van der Waals surface area contributed by atoms with Crippen molar-refractivity contribution < 1.29 is 18.6 Å². The van der Waals surface area contributed by atoms with E-state index in [0.29, 0.717) is 40.7 Å². The van der Waals surface area contributed by atoms with Gasteiger partial charge in [0.15, 0.2) is 5.82 Å². The molecule has 2 unspecified atom stereocenters. The Bertz CT molecular complexity index is 1800. The molecule has 8 nitrogen and oxygen atoms in total. The maximum absolute atomic E-state index is 16.7. The van der Waals surface area contributed by atoms with E-state index >= 15 is 4.39 Å². The molecule has 2 aromatic heterocycles. The van der Waals surface area contributed by atoms with Crippen molar-refractivity contribution in [3.8, 4) is 35.4 Å². The van der Waals surface area contributed by atoms with Gasteiger partial charge in [-0.25, -0.2) is 8.78 Å². The largest absolute Gasteiger partial charge is 0.508 e. The number of rotatable bonds is 5. The number of nitrogens with one attached hydrogen (secondary N) is 1. The molecule has 4 saturated heterocycles. The third-order valence-corrected chi connectivity index (χ3v) is 9.89. The van der Waals surface area contributed by atoms with Gasteiger partial charge in [-0.3, -0.25) is 9.88 Å². The van der Waals surface area contributed by atoms with E-state index in [9.17, 15) is 9.50 Å². The minimum Gasteiger partial charge on any atom is -0.508 e. The van der Waals surface area contributed by atoms with Crippen LogP contribution in [0.1, 0.15) is 57.9 Å². The van der Waals surface area contributed by atoms with Crippen LogP contribution in [0.25, 0.3) is 32.9 Å². The Morgan fingerprint density at radius 1 is 1.09 bits per heavy atom. The van der Waals surface area contributed by atoms with Crippen LogP contribution in [0, 0.1) is 24.0 Å². The molecular weight excluding hydrogens is 574 g/mol. The number of ether oxygens (including phenoxy) is 1. The van der Waals surface area contributed by atoms with E-state index in [4.69, 9.17) is 16.1 Å². The van der Waals surface area contributed by atoms with Crippen molar-refractivity contribution in [1.29, 1.82) is 0 Å². The van der Waals surface area contributed by atoms with Crippen molar-refractivity contribution in [2.45, 2.75) is 70.0 Å². The molecule has 10 heteroatoms. The van der Waals surface area contributed by atoms with Gasteiger partial charge in [-0.2, -0.15) is 9.97 Å². The minimum atomic E-state index is -0.704. The van der Waals surface area contributed by atoms with Gasteiger partial charge in [0.1, 0.15) is 35.2 Å². The number of hydrogen-bond acceptors (Lipinski definition) is 8. The Labute approximate surface area is 261 Å². The monoisotopic (exact) mass is 612 g/mol. The Balaban J connectivity index is 0.00000160. The summed E-state index contributed by atoms with van der Waals surface area (Å²) in [6.45, 7) is 8.07. The zero-order valence-electron chi connectivity index (χ0n) is 25.7. The second-order valence-electron chi connectivity index (χ2n) is 12.4. The highest BCUT2D eigenvalue weighted by molar-refractivity contribution is 6.03. The fourth-order valence-electron chi connectivity index (χ4n) is 7.90. The third kappa shape index (κ3) is 5.02. The number of pyridine rings is 1. The maximum Gasteiger partial charge on any atom is 0.319 e. The lowest BCUT2D eigenvalue weighted by atomic mass is 9.95. The molecule has 8 rings (SSSR count). The van der Waals surface area contributed by atoms with Gasteiger partial charge < -0.3 is 20.1 Å². The smallest absolute Gasteiger partial charge is 0.319 e. The van der Waals surface area contributed by atoms with Crippen LogP contribution in [0.3, 0.4) is 0 Å². The number of phenolic OH excluding ortho intramolecular Hbond substituents is 1. The fraction of sp³-hybridized carbons (Fsp3) is 0.457. The molecule has 4 fully saturated rings. The summed E-state index contributed by atoms with van der Waals surface area (Å²) in [5.41, 5.74) is 0.136. The predicted molar refractivity (Wildman–Crippen MR) is 172 cm³/mol. The van der Waals surface area contributed by atoms with Crippen molar-refractivity contribution >= 4 is 27.5 Å². The van der Waals surface area contributed by atoms with E-state index in [2.05, 4.69) is 31.0 Å². The number of piperazine rings is 1. The molecule has 45 heavy (non-hydrogen) atoms. The summed E-state index contributed by atoms with van der Waals surface area (Å²) in [7, 11) is 0. The minimum absolute atomic E-state index is 0.0191. The highest BCUT2D eigenvalue weighted by atomic mass is 19.1. The molecule has 234 valence electrons. The fourth-order valence-corrected chi connectivity index (χ4v) is 7.90. The Kier molecular flexibility index (Phi) is 7.70. The molecule has 0 amide bonds. The number of nitrogens with zero attached hydrogens (tertiary/aromatic N) is 5. The van der Waals surface area contributed by atoms with Crippen LogP contribution in [0.15, 0.2) is 30.5 Å². The molecule has 0 spiro atoms. The quantitative estimate of drug-likeness (QED) is 0.274. The lowest BCUT2D eigenvalue weighted by Gasteiger charge is -2.34. The number of terminal acetylenes is 1. The molecule has 2 aromatic carbocycles. The average Bonchev–Trinajstić information content (AvgIpc) is 3.74. The molecule has 0 aliphatic carbocycles. The molecule has 6 heterocycles. The van der Waals surface area contributed by atoms with Crippen molar-refractivity contribution in [3.63, 3.8) is 0 Å². The van der Waals surface area contributed by atoms with Gasteiger partial charge in [-0.1, -0.05) is 25.8 Å². The zero-order valence-corrected chi connectivity index (χ0v) is 25.7. The molecule has 0 saturated carbocycles. The first kappa shape index (κ1) is 29.6. The summed E-state index contributed by atoms with van der Waals surface area (Å²) in [4.78, 5) is 18.7. The highest BCUT2D eigenvalue weighted by Gasteiger charge is 2.45. The normalized spacial score (nSPS) is 21.9. The van der Waals surface area contributed by atoms with Crippen LogP contribution in [-0.2, 0) is 0 Å². The second-order valence-corrected chi connectivity index (χ2v) is 12.4. The van der Waals surface area contributed by atoms with Crippen LogP contribution in [0.2, 0.25) is 0 Å². The number of aromatic hydroxyl groups is 1. The number of hydrogen-bond donors (Lipinski definition) is 2. The van der Waals surface area contributed by atoms with E-state index in [1.807, 2.05) is 13.8 Å². The Morgan fingerprint density at radius 3 is 2.53 bits per heavy atom. The van der Waals surface area contributed by atoms with Crippen LogP contribution in [0.4, 0.5) is 14.6 Å². The number of aromatic nitrogens is 3. The summed E-state index contributed by atoms with van der Waals surface area (Å²) in [6, 6.07) is 6.39. The van der Waals surface area contributed by atoms with Crippen molar-refractivity contribution in [2.24, 2.45) is 0 Å². The summed E-state index contributed by atoms with van der Waals surface area (Å²) in [6.07, 6.45) is 13.8. The molecular formula is C35H38F2N6O2. The number of phenols is 1. The van der Waals surface area contributed by atoms with Gasteiger partial charge in [0, 0.05) is 42.3 Å². The second kappa shape index (κ2) is 11.7. The standard InChI is InChI=1S/C33H32F2N6O2.C2H6/c1-2-23-26(34)8-5-19-13-22(42)14-24(27(19)23)29-28(35)30-25(15-36-29)31(40-16-20-6-7-21(17-40)37-20)39-32(38-30)43-18-33-9-3-11-41(33)12-4-10-33;1-2/h1,5,8,13-15,20-21,37,42H,3-4,6-7,9-12,16-18H2;1-2H3. The van der Waals surface area contributed by atoms with E-state index in [1.165, 1.54) is 24.3 Å². The number of halogens is 2. The molecule has 4 aromatic rings. The molecule has 2 atom stereocenters. The zero-order chi connectivity index (χ0) is 31.3. The van der Waals surface area contributed by atoms with Crippen LogP contribution >= 0.6 is 0 Å². The summed E-state index contributed by atoms with van der Waals surface area (Å²) in [5.74, 6) is 1.57. The van der Waals surface area contributed by atoms with Crippen molar-refractivity contribution in [1.82, 2.24) is 25.2 Å². The van der Waals surface area contributed by atoms with Gasteiger partial charge in [-0.15, -0.1) is 6.42 Å². The van der Waals surface area contributed by atoms with Gasteiger partial charge in [-0.05, 0) is 75.2 Å². The van der Waals surface area contributed by atoms with Gasteiger partial charge >= 0.3 is 6.01 Å². The van der Waals surface area contributed by atoms with Crippen molar-refractivity contribution in [3.05, 3.63) is 47.7 Å². The topological polar surface area (TPSA) is 86.6 Å². The molecule has 2 bridgehead atoms. The predicted octanol–water partition coefficient (Wildman–Crippen LogP) is 5.78. The summed E-state index contributed by atoms with van der Waals surface area (Å²) >= 11 is 0. The number of anilines is 1. The van der Waals surface area contributed by atoms with Crippen LogP contribution in [0.5, 0.6) is 11.8 Å². The van der Waals surface area contributed by atoms with Gasteiger partial charge in [0.2, 0.25) is 0 Å². The summed E-state index contributed by atoms with van der Waals surface area (Å²) < 4.78 is 37.8. The van der Waals surface area contributed by atoms with E-state index in [0.717, 1.165) is 64.7 Å². The number of benzene rings is 2. The average molecular weight is 613 g/mol. The van der Waals surface area contributed by atoms with E-state index in [-0.39, 0.29) is 39.6 Å². The maximum atomic E-state index is 16.7. The highest BCUT2D eigenvalue weighted by Crippen LogP contribution is 2.41.